The summed E-state index contributed by atoms with van der Waals surface area (Å²) in [4.78, 5) is 14.1. The fourth-order valence-corrected chi connectivity index (χ4v) is 4.84. The number of rotatable bonds is 3. The number of fused-ring (bicyclic) bond motifs is 1. The van der Waals surface area contributed by atoms with Crippen LogP contribution in [0.5, 0.6) is 0 Å². The van der Waals surface area contributed by atoms with E-state index in [-0.39, 0.29) is 36.9 Å². The minimum absolute atomic E-state index is 0.0310. The van der Waals surface area contributed by atoms with Crippen LogP contribution in [-0.4, -0.2) is 47.3 Å². The number of hydrogen-bond acceptors (Lipinski definition) is 4. The molecule has 1 aromatic rings. The lowest BCUT2D eigenvalue weighted by Gasteiger charge is -2.39. The van der Waals surface area contributed by atoms with E-state index in [2.05, 4.69) is 16.0 Å². The van der Waals surface area contributed by atoms with Crippen molar-refractivity contribution < 1.29 is 18.0 Å². The number of nitrogens with zero attached hydrogens (tertiary/aromatic N) is 1. The molecular formula is C19H23F3N4OS. The second-order valence-corrected chi connectivity index (χ2v) is 8.07. The molecule has 3 saturated heterocycles. The predicted octanol–water partition coefficient (Wildman–Crippen LogP) is 2.24. The van der Waals surface area contributed by atoms with Crippen LogP contribution in [-0.2, 0) is 11.3 Å². The van der Waals surface area contributed by atoms with Gasteiger partial charge in [-0.2, -0.15) is 13.2 Å². The van der Waals surface area contributed by atoms with Crippen molar-refractivity contribution in [3.05, 3.63) is 35.4 Å². The molecule has 0 aliphatic carbocycles. The van der Waals surface area contributed by atoms with Crippen molar-refractivity contribution in [2.45, 2.75) is 50.1 Å². The summed E-state index contributed by atoms with van der Waals surface area (Å²) in [7, 11) is 0. The van der Waals surface area contributed by atoms with E-state index in [4.69, 9.17) is 12.2 Å². The molecule has 0 spiro atoms. The van der Waals surface area contributed by atoms with Gasteiger partial charge >= 0.3 is 6.18 Å². The van der Waals surface area contributed by atoms with Gasteiger partial charge in [-0.1, -0.05) is 24.3 Å². The lowest BCUT2D eigenvalue weighted by Crippen LogP contribution is -2.63. The van der Waals surface area contributed by atoms with Crippen molar-refractivity contribution in [1.29, 1.82) is 0 Å². The number of alkyl halides is 3. The maximum absolute atomic E-state index is 13.2. The number of carbonyl (C=O) groups excluding carboxylic acids is 1. The fraction of sp³-hybridized carbons (Fsp3) is 0.579. The zero-order valence-corrected chi connectivity index (χ0v) is 16.1. The molecule has 2 unspecified atom stereocenters. The van der Waals surface area contributed by atoms with Gasteiger partial charge < -0.3 is 20.9 Å². The van der Waals surface area contributed by atoms with Crippen LogP contribution in [0.25, 0.3) is 0 Å². The highest BCUT2D eigenvalue weighted by molar-refractivity contribution is 7.80. The smallest absolute Gasteiger partial charge is 0.339 e. The molecule has 0 saturated carbocycles. The van der Waals surface area contributed by atoms with Crippen LogP contribution < -0.4 is 16.0 Å². The molecule has 0 bridgehead atoms. The Morgan fingerprint density at radius 2 is 1.89 bits per heavy atom. The lowest BCUT2D eigenvalue weighted by atomic mass is 9.86. The first-order valence-corrected chi connectivity index (χ1v) is 9.98. The normalized spacial score (nSPS) is 30.9. The molecule has 3 aliphatic rings. The number of hydrogen-bond donors (Lipinski definition) is 3. The van der Waals surface area contributed by atoms with E-state index in [0.717, 1.165) is 24.1 Å². The zero-order valence-electron chi connectivity index (χ0n) is 15.3. The van der Waals surface area contributed by atoms with Crippen molar-refractivity contribution in [2.75, 3.05) is 13.1 Å². The minimum Gasteiger partial charge on any atom is -0.339 e. The number of piperidine rings is 1. The van der Waals surface area contributed by atoms with Gasteiger partial charge in [0.25, 0.3) is 0 Å². The molecular weight excluding hydrogens is 389 g/mol. The average Bonchev–Trinajstić information content (AvgIpc) is 3.15. The molecule has 3 fully saturated rings. The quantitative estimate of drug-likeness (QED) is 0.665. The Kier molecular flexibility index (Phi) is 5.32. The molecule has 1 aromatic carbocycles. The molecule has 5 nitrogen and oxygen atoms in total. The van der Waals surface area contributed by atoms with Crippen LogP contribution in [0.15, 0.2) is 24.3 Å². The van der Waals surface area contributed by atoms with Gasteiger partial charge in [-0.3, -0.25) is 4.79 Å². The Balaban J connectivity index is 1.56. The third-order valence-electron chi connectivity index (χ3n) is 6.00. The SMILES string of the molecule is O=C1NC(=S)N(Cc2ccccc2[C@@H]2C[C@H](C(F)(F)F)CCN2)C2CCNC12. The highest BCUT2D eigenvalue weighted by atomic mass is 32.1. The second-order valence-electron chi connectivity index (χ2n) is 7.68. The molecule has 3 N–H and O–H groups in total. The summed E-state index contributed by atoms with van der Waals surface area (Å²) in [5, 5.41) is 9.56. The zero-order chi connectivity index (χ0) is 19.9. The Morgan fingerprint density at radius 1 is 1.14 bits per heavy atom. The summed E-state index contributed by atoms with van der Waals surface area (Å²) in [6, 6.07) is 6.89. The summed E-state index contributed by atoms with van der Waals surface area (Å²) in [6.07, 6.45) is -3.22. The van der Waals surface area contributed by atoms with Crippen molar-refractivity contribution >= 4 is 23.2 Å². The van der Waals surface area contributed by atoms with Crippen molar-refractivity contribution in [3.8, 4) is 0 Å². The van der Waals surface area contributed by atoms with Crippen LogP contribution in [0.1, 0.15) is 36.4 Å². The van der Waals surface area contributed by atoms with Crippen molar-refractivity contribution in [2.24, 2.45) is 5.92 Å². The van der Waals surface area contributed by atoms with Gasteiger partial charge in [0, 0.05) is 12.6 Å². The number of halogens is 3. The van der Waals surface area contributed by atoms with Gasteiger partial charge in [0.2, 0.25) is 5.91 Å². The number of benzene rings is 1. The Morgan fingerprint density at radius 3 is 2.68 bits per heavy atom. The largest absolute Gasteiger partial charge is 0.391 e. The molecule has 9 heteroatoms. The Labute approximate surface area is 167 Å². The van der Waals surface area contributed by atoms with Crippen LogP contribution >= 0.6 is 12.2 Å². The van der Waals surface area contributed by atoms with Gasteiger partial charge in [-0.15, -0.1) is 0 Å². The first-order valence-electron chi connectivity index (χ1n) is 9.57. The summed E-state index contributed by atoms with van der Waals surface area (Å²) in [6.45, 7) is 1.55. The molecule has 3 aliphatic heterocycles. The number of thiocarbonyl (C=S) groups is 1. The summed E-state index contributed by atoms with van der Waals surface area (Å²) in [5.74, 6) is -1.40. The molecule has 4 rings (SSSR count). The molecule has 4 atom stereocenters. The van der Waals surface area contributed by atoms with E-state index in [1.54, 1.807) is 0 Å². The molecule has 3 heterocycles. The van der Waals surface area contributed by atoms with Gasteiger partial charge in [-0.25, -0.2) is 0 Å². The molecule has 28 heavy (non-hydrogen) atoms. The Hall–Kier alpha value is -1.71. The summed E-state index contributed by atoms with van der Waals surface area (Å²) in [5.41, 5.74) is 1.81. The van der Waals surface area contributed by atoms with E-state index in [9.17, 15) is 18.0 Å². The Bertz CT molecular complexity index is 772. The molecule has 1 amide bonds. The van der Waals surface area contributed by atoms with E-state index < -0.39 is 12.1 Å². The summed E-state index contributed by atoms with van der Waals surface area (Å²) >= 11 is 5.40. The van der Waals surface area contributed by atoms with Crippen LogP contribution in [0.4, 0.5) is 13.2 Å². The monoisotopic (exact) mass is 412 g/mol. The third-order valence-corrected chi connectivity index (χ3v) is 6.34. The van der Waals surface area contributed by atoms with E-state index in [1.165, 1.54) is 0 Å². The third kappa shape index (κ3) is 3.75. The summed E-state index contributed by atoms with van der Waals surface area (Å²) < 4.78 is 39.7. The van der Waals surface area contributed by atoms with Gasteiger partial charge in [0.05, 0.1) is 12.0 Å². The van der Waals surface area contributed by atoms with E-state index >= 15 is 0 Å². The first-order chi connectivity index (χ1) is 13.3. The number of carbonyl (C=O) groups is 1. The second kappa shape index (κ2) is 7.61. The van der Waals surface area contributed by atoms with Crippen LogP contribution in [0.3, 0.4) is 0 Å². The van der Waals surface area contributed by atoms with Crippen LogP contribution in [0.2, 0.25) is 0 Å². The van der Waals surface area contributed by atoms with E-state index in [1.807, 2.05) is 29.2 Å². The topological polar surface area (TPSA) is 56.4 Å². The molecule has 0 aromatic heterocycles. The van der Waals surface area contributed by atoms with Gasteiger partial charge in [0.1, 0.15) is 6.04 Å². The first kappa shape index (κ1) is 19.6. The van der Waals surface area contributed by atoms with Crippen LogP contribution in [0, 0.1) is 5.92 Å². The highest BCUT2D eigenvalue weighted by Crippen LogP contribution is 2.39. The minimum atomic E-state index is -4.17. The predicted molar refractivity (Wildman–Crippen MR) is 102 cm³/mol. The average molecular weight is 412 g/mol. The van der Waals surface area contributed by atoms with Crippen molar-refractivity contribution in [3.63, 3.8) is 0 Å². The van der Waals surface area contributed by atoms with E-state index in [0.29, 0.717) is 18.2 Å². The number of nitrogens with one attached hydrogen (secondary N) is 3. The fourth-order valence-electron chi connectivity index (χ4n) is 4.54. The van der Waals surface area contributed by atoms with Crippen molar-refractivity contribution in [1.82, 2.24) is 20.9 Å². The maximum Gasteiger partial charge on any atom is 0.391 e. The standard InChI is InChI=1S/C19H23F3N4OS/c20-19(21,22)12-5-7-23-14(9-12)13-4-2-1-3-11(13)10-26-15-6-8-24-16(15)17(27)25-18(26)28/h1-4,12,14-16,23-24H,5-10H2,(H,25,27,28)/t12-,14+,15?,16?/m1/s1. The number of amides is 1. The highest BCUT2D eigenvalue weighted by Gasteiger charge is 2.44. The maximum atomic E-state index is 13.2. The molecule has 152 valence electrons. The van der Waals surface area contributed by atoms with Gasteiger partial charge in [0.15, 0.2) is 5.11 Å². The van der Waals surface area contributed by atoms with Gasteiger partial charge in [-0.05, 0) is 55.7 Å². The lowest BCUT2D eigenvalue weighted by molar-refractivity contribution is -0.183. The molecule has 0 radical (unpaired) electrons.